The van der Waals surface area contributed by atoms with Gasteiger partial charge in [-0.05, 0) is 30.5 Å². The van der Waals surface area contributed by atoms with Crippen LogP contribution in [0, 0.1) is 0 Å². The molecule has 1 amide bonds. The van der Waals surface area contributed by atoms with Crippen molar-refractivity contribution in [3.63, 3.8) is 0 Å². The predicted molar refractivity (Wildman–Crippen MR) is 94.9 cm³/mol. The van der Waals surface area contributed by atoms with Crippen LogP contribution in [0.3, 0.4) is 0 Å². The number of carbonyl (C=O) groups is 1. The summed E-state index contributed by atoms with van der Waals surface area (Å²) >= 11 is 0. The lowest BCUT2D eigenvalue weighted by Crippen LogP contribution is -2.43. The number of benzene rings is 1. The van der Waals surface area contributed by atoms with Gasteiger partial charge in [0.2, 0.25) is 5.91 Å². The molecule has 1 aromatic rings. The molecule has 1 aromatic carbocycles. The molecule has 3 N–H and O–H groups in total. The fourth-order valence-electron chi connectivity index (χ4n) is 2.49. The number of nitrogen functional groups attached to an aromatic ring is 1. The Balaban J connectivity index is 2.85. The molecule has 4 heteroatoms. The van der Waals surface area contributed by atoms with Crippen molar-refractivity contribution in [2.45, 2.75) is 32.7 Å². The highest BCUT2D eigenvalue weighted by Gasteiger charge is 2.22. The van der Waals surface area contributed by atoms with Gasteiger partial charge in [-0.1, -0.05) is 32.1 Å². The minimum atomic E-state index is -0.219. The molecule has 22 heavy (non-hydrogen) atoms. The van der Waals surface area contributed by atoms with Crippen molar-refractivity contribution < 1.29 is 4.79 Å². The Morgan fingerprint density at radius 2 is 1.95 bits per heavy atom. The summed E-state index contributed by atoms with van der Waals surface area (Å²) in [5.74, 6) is -0.0325. The van der Waals surface area contributed by atoms with E-state index in [-0.39, 0.29) is 11.9 Å². The lowest BCUT2D eigenvalue weighted by Gasteiger charge is -2.28. The fourth-order valence-corrected chi connectivity index (χ4v) is 2.49. The summed E-state index contributed by atoms with van der Waals surface area (Å²) in [5.41, 5.74) is 8.51. The van der Waals surface area contributed by atoms with Crippen molar-refractivity contribution in [2.24, 2.45) is 0 Å². The van der Waals surface area contributed by atoms with Crippen LogP contribution in [0.5, 0.6) is 0 Å². The maximum absolute atomic E-state index is 12.5. The van der Waals surface area contributed by atoms with E-state index in [1.807, 2.05) is 30.0 Å². The van der Waals surface area contributed by atoms with Crippen molar-refractivity contribution >= 4 is 17.3 Å². The topological polar surface area (TPSA) is 58.4 Å². The minimum Gasteiger partial charge on any atom is -0.398 e. The van der Waals surface area contributed by atoms with E-state index in [0.29, 0.717) is 18.8 Å². The molecule has 0 aromatic heterocycles. The molecule has 0 aliphatic carbocycles. The second kappa shape index (κ2) is 9.05. The molecular formula is C18H27N3O. The molecule has 0 saturated carbocycles. The van der Waals surface area contributed by atoms with Gasteiger partial charge in [0, 0.05) is 24.5 Å². The number of anilines is 2. The highest BCUT2D eigenvalue weighted by Crippen LogP contribution is 2.19. The first-order chi connectivity index (χ1) is 10.6. The molecule has 0 aliphatic heterocycles. The molecule has 1 unspecified atom stereocenters. The molecule has 0 fully saturated rings. The average Bonchev–Trinajstić information content (AvgIpc) is 2.48. The van der Waals surface area contributed by atoms with Gasteiger partial charge in [0.15, 0.2) is 0 Å². The van der Waals surface area contributed by atoms with Crippen LogP contribution < -0.4 is 11.1 Å². The van der Waals surface area contributed by atoms with Crippen molar-refractivity contribution in [3.8, 4) is 0 Å². The molecule has 1 atom stereocenters. The lowest BCUT2D eigenvalue weighted by atomic mass is 10.1. The van der Waals surface area contributed by atoms with E-state index in [2.05, 4.69) is 25.4 Å². The third kappa shape index (κ3) is 4.74. The zero-order valence-electron chi connectivity index (χ0n) is 13.6. The van der Waals surface area contributed by atoms with E-state index in [0.717, 1.165) is 24.1 Å². The van der Waals surface area contributed by atoms with Gasteiger partial charge >= 0.3 is 0 Å². The van der Waals surface area contributed by atoms with Gasteiger partial charge in [0.05, 0.1) is 6.04 Å². The number of carbonyl (C=O) groups excluding carboxylic acids is 1. The molecule has 0 radical (unpaired) electrons. The second-order valence-corrected chi connectivity index (χ2v) is 5.21. The first kappa shape index (κ1) is 18.0. The highest BCUT2D eigenvalue weighted by atomic mass is 16.2. The van der Waals surface area contributed by atoms with E-state index >= 15 is 0 Å². The maximum atomic E-state index is 12.5. The third-order valence-electron chi connectivity index (χ3n) is 3.65. The van der Waals surface area contributed by atoms with Crippen molar-refractivity contribution in [1.29, 1.82) is 0 Å². The SMILES string of the molecule is C=CCN(CC=C)C(CC)C(=O)Nc1ccc(CC)c(N)c1. The van der Waals surface area contributed by atoms with Crippen LogP contribution in [-0.2, 0) is 11.2 Å². The summed E-state index contributed by atoms with van der Waals surface area (Å²) in [4.78, 5) is 14.6. The van der Waals surface area contributed by atoms with Gasteiger partial charge in [0.25, 0.3) is 0 Å². The van der Waals surface area contributed by atoms with Crippen LogP contribution in [0.15, 0.2) is 43.5 Å². The first-order valence-electron chi connectivity index (χ1n) is 7.72. The molecule has 0 aliphatic rings. The number of nitrogens with one attached hydrogen (secondary N) is 1. The summed E-state index contributed by atoms with van der Waals surface area (Å²) in [6.45, 7) is 12.8. The van der Waals surface area contributed by atoms with Gasteiger partial charge in [0.1, 0.15) is 0 Å². The van der Waals surface area contributed by atoms with Gasteiger partial charge in [-0.3, -0.25) is 9.69 Å². The van der Waals surface area contributed by atoms with Crippen LogP contribution >= 0.6 is 0 Å². The van der Waals surface area contributed by atoms with Gasteiger partial charge in [-0.25, -0.2) is 0 Å². The van der Waals surface area contributed by atoms with Crippen LogP contribution in [0.25, 0.3) is 0 Å². The van der Waals surface area contributed by atoms with Crippen LogP contribution in [0.1, 0.15) is 25.8 Å². The van der Waals surface area contributed by atoms with E-state index in [1.165, 1.54) is 0 Å². The quantitative estimate of drug-likeness (QED) is 0.544. The Morgan fingerprint density at radius 3 is 2.41 bits per heavy atom. The Morgan fingerprint density at radius 1 is 1.32 bits per heavy atom. The zero-order valence-corrected chi connectivity index (χ0v) is 13.6. The van der Waals surface area contributed by atoms with E-state index < -0.39 is 0 Å². The number of aryl methyl sites for hydroxylation is 1. The Bertz CT molecular complexity index is 515. The largest absolute Gasteiger partial charge is 0.398 e. The lowest BCUT2D eigenvalue weighted by molar-refractivity contribution is -0.121. The molecule has 0 spiro atoms. The normalized spacial score (nSPS) is 12.0. The fraction of sp³-hybridized carbons (Fsp3) is 0.389. The number of nitrogens with two attached hydrogens (primary N) is 1. The molecule has 0 heterocycles. The summed E-state index contributed by atoms with van der Waals surface area (Å²) < 4.78 is 0. The number of hydrogen-bond donors (Lipinski definition) is 2. The van der Waals surface area contributed by atoms with Crippen molar-refractivity contribution in [1.82, 2.24) is 4.90 Å². The molecular weight excluding hydrogens is 274 g/mol. The third-order valence-corrected chi connectivity index (χ3v) is 3.65. The van der Waals surface area contributed by atoms with E-state index in [4.69, 9.17) is 5.73 Å². The molecule has 4 nitrogen and oxygen atoms in total. The monoisotopic (exact) mass is 301 g/mol. The van der Waals surface area contributed by atoms with Crippen LogP contribution in [-0.4, -0.2) is 29.9 Å². The standard InChI is InChI=1S/C18H27N3O/c1-5-11-21(12-6-2)17(8-4)18(22)20-15-10-9-14(7-3)16(19)13-15/h5-6,9-10,13,17H,1-2,7-8,11-12,19H2,3-4H3,(H,20,22). The molecule has 1 rings (SSSR count). The predicted octanol–water partition coefficient (Wildman–Crippen LogP) is 3.22. The van der Waals surface area contributed by atoms with E-state index in [9.17, 15) is 4.79 Å². The van der Waals surface area contributed by atoms with Gasteiger partial charge in [-0.15, -0.1) is 13.2 Å². The number of nitrogens with zero attached hydrogens (tertiary/aromatic N) is 1. The molecule has 0 bridgehead atoms. The number of hydrogen-bond acceptors (Lipinski definition) is 3. The van der Waals surface area contributed by atoms with E-state index in [1.54, 1.807) is 12.2 Å². The minimum absolute atomic E-state index is 0.0325. The van der Waals surface area contributed by atoms with Crippen LogP contribution in [0.2, 0.25) is 0 Å². The second-order valence-electron chi connectivity index (χ2n) is 5.21. The average molecular weight is 301 g/mol. The summed E-state index contributed by atoms with van der Waals surface area (Å²) in [5, 5.41) is 2.95. The maximum Gasteiger partial charge on any atom is 0.241 e. The Hall–Kier alpha value is -2.07. The highest BCUT2D eigenvalue weighted by molar-refractivity contribution is 5.95. The summed E-state index contributed by atoms with van der Waals surface area (Å²) in [7, 11) is 0. The van der Waals surface area contributed by atoms with Crippen LogP contribution in [0.4, 0.5) is 11.4 Å². The number of amides is 1. The Kier molecular flexibility index (Phi) is 7.40. The number of rotatable bonds is 9. The smallest absolute Gasteiger partial charge is 0.241 e. The van der Waals surface area contributed by atoms with Crippen molar-refractivity contribution in [3.05, 3.63) is 49.1 Å². The molecule has 0 saturated heterocycles. The van der Waals surface area contributed by atoms with Gasteiger partial charge < -0.3 is 11.1 Å². The summed E-state index contributed by atoms with van der Waals surface area (Å²) in [6.07, 6.45) is 5.20. The first-order valence-corrected chi connectivity index (χ1v) is 7.72. The Labute approximate surface area is 133 Å². The van der Waals surface area contributed by atoms with Crippen molar-refractivity contribution in [2.75, 3.05) is 24.1 Å². The zero-order chi connectivity index (χ0) is 16.5. The van der Waals surface area contributed by atoms with Gasteiger partial charge in [-0.2, -0.15) is 0 Å². The molecule has 120 valence electrons. The summed E-state index contributed by atoms with van der Waals surface area (Å²) in [6, 6.07) is 5.44.